The molecule has 1 spiro atoms. The van der Waals surface area contributed by atoms with Gasteiger partial charge in [-0.25, -0.2) is 0 Å². The van der Waals surface area contributed by atoms with E-state index in [2.05, 4.69) is 27.7 Å². The van der Waals surface area contributed by atoms with Gasteiger partial charge in [0.25, 0.3) is 0 Å². The van der Waals surface area contributed by atoms with E-state index < -0.39 is 0 Å². The maximum Gasteiger partial charge on any atom is 0.0921 e. The number of ether oxygens (including phenoxy) is 1. The number of aliphatic hydroxyl groups is 1. The molecule has 1 aliphatic carbocycles. The SMILES string of the molecule is CC(C)C1CCC2(C)C[C@H](O)[C@@]3(C)CC[C@@]12O3. The van der Waals surface area contributed by atoms with Crippen molar-refractivity contribution >= 4 is 0 Å². The van der Waals surface area contributed by atoms with Gasteiger partial charge in [0.05, 0.1) is 17.3 Å². The highest BCUT2D eigenvalue weighted by Crippen LogP contribution is 2.67. The number of hydrogen-bond acceptors (Lipinski definition) is 2. The van der Waals surface area contributed by atoms with E-state index in [0.717, 1.165) is 19.3 Å². The van der Waals surface area contributed by atoms with Gasteiger partial charge in [0.15, 0.2) is 0 Å². The van der Waals surface area contributed by atoms with Crippen molar-refractivity contribution < 1.29 is 9.84 Å². The summed E-state index contributed by atoms with van der Waals surface area (Å²) < 4.78 is 6.54. The lowest BCUT2D eigenvalue weighted by Gasteiger charge is -2.52. The minimum Gasteiger partial charge on any atom is -0.390 e. The van der Waals surface area contributed by atoms with Crippen LogP contribution in [0.3, 0.4) is 0 Å². The number of fused-ring (bicyclic) bond motifs is 1. The molecule has 2 aliphatic heterocycles. The lowest BCUT2D eigenvalue weighted by Crippen LogP contribution is -2.58. The van der Waals surface area contributed by atoms with Crippen LogP contribution >= 0.6 is 0 Å². The standard InChI is InChI=1S/C15H26O2/c1-10(2)11-5-6-13(3)9-12(16)14(4)7-8-15(11,13)17-14/h10-12,16H,5-9H2,1-4H3/t11?,12-,13?,14+,15+/m0/s1. The van der Waals surface area contributed by atoms with Crippen molar-refractivity contribution in [3.05, 3.63) is 0 Å². The molecular weight excluding hydrogens is 212 g/mol. The second-order valence-corrected chi connectivity index (χ2v) is 7.47. The van der Waals surface area contributed by atoms with Gasteiger partial charge in [-0.1, -0.05) is 20.8 Å². The molecule has 2 heteroatoms. The molecule has 0 radical (unpaired) electrons. The maximum atomic E-state index is 10.4. The van der Waals surface area contributed by atoms with Gasteiger partial charge < -0.3 is 9.84 Å². The minimum absolute atomic E-state index is 0.0646. The maximum absolute atomic E-state index is 10.4. The quantitative estimate of drug-likeness (QED) is 0.760. The molecule has 2 unspecified atom stereocenters. The normalized spacial score (nSPS) is 57.5. The number of aliphatic hydroxyl groups excluding tert-OH is 1. The molecule has 5 atom stereocenters. The molecule has 1 saturated carbocycles. The largest absolute Gasteiger partial charge is 0.390 e. The molecular formula is C15H26O2. The Morgan fingerprint density at radius 1 is 1.18 bits per heavy atom. The van der Waals surface area contributed by atoms with Gasteiger partial charge in [0.2, 0.25) is 0 Å². The summed E-state index contributed by atoms with van der Waals surface area (Å²) in [6.07, 6.45) is 5.36. The molecule has 2 saturated heterocycles. The van der Waals surface area contributed by atoms with Crippen molar-refractivity contribution in [2.45, 2.75) is 77.1 Å². The molecule has 2 heterocycles. The van der Waals surface area contributed by atoms with E-state index in [1.807, 2.05) is 0 Å². The van der Waals surface area contributed by atoms with E-state index in [-0.39, 0.29) is 22.7 Å². The summed E-state index contributed by atoms with van der Waals surface area (Å²) in [6, 6.07) is 0. The fourth-order valence-corrected chi connectivity index (χ4v) is 5.03. The van der Waals surface area contributed by atoms with Crippen LogP contribution in [0.5, 0.6) is 0 Å². The summed E-state index contributed by atoms with van der Waals surface area (Å²) >= 11 is 0. The first-order valence-corrected chi connectivity index (χ1v) is 7.21. The topological polar surface area (TPSA) is 29.5 Å². The zero-order chi connectivity index (χ0) is 12.5. The molecule has 3 fully saturated rings. The number of hydrogen-bond donors (Lipinski definition) is 1. The van der Waals surface area contributed by atoms with Crippen molar-refractivity contribution in [3.8, 4) is 0 Å². The molecule has 0 aromatic heterocycles. The van der Waals surface area contributed by atoms with Gasteiger partial charge >= 0.3 is 0 Å². The van der Waals surface area contributed by atoms with Crippen LogP contribution in [-0.4, -0.2) is 22.4 Å². The summed E-state index contributed by atoms with van der Waals surface area (Å²) in [5.74, 6) is 1.37. The predicted octanol–water partition coefficient (Wildman–Crippen LogP) is 3.13. The third kappa shape index (κ3) is 1.29. The molecule has 0 aromatic rings. The van der Waals surface area contributed by atoms with Gasteiger partial charge in [-0.05, 0) is 56.3 Å². The zero-order valence-electron chi connectivity index (χ0n) is 11.6. The Labute approximate surface area is 105 Å². The third-order valence-corrected chi connectivity index (χ3v) is 6.19. The summed E-state index contributed by atoms with van der Waals surface area (Å²) in [7, 11) is 0. The fourth-order valence-electron chi connectivity index (χ4n) is 5.03. The highest BCUT2D eigenvalue weighted by molar-refractivity contribution is 5.18. The Morgan fingerprint density at radius 3 is 2.53 bits per heavy atom. The second-order valence-electron chi connectivity index (χ2n) is 7.47. The van der Waals surface area contributed by atoms with E-state index in [9.17, 15) is 5.11 Å². The average Bonchev–Trinajstić information content (AvgIpc) is 2.68. The molecule has 3 rings (SSSR count). The fraction of sp³-hybridized carbons (Fsp3) is 1.00. The molecule has 2 bridgehead atoms. The van der Waals surface area contributed by atoms with Crippen LogP contribution in [0, 0.1) is 17.3 Å². The summed E-state index contributed by atoms with van der Waals surface area (Å²) in [6.45, 7) is 9.12. The van der Waals surface area contributed by atoms with E-state index >= 15 is 0 Å². The van der Waals surface area contributed by atoms with Crippen molar-refractivity contribution in [2.75, 3.05) is 0 Å². The van der Waals surface area contributed by atoms with E-state index in [1.165, 1.54) is 12.8 Å². The monoisotopic (exact) mass is 238 g/mol. The molecule has 2 nitrogen and oxygen atoms in total. The average molecular weight is 238 g/mol. The first-order valence-electron chi connectivity index (χ1n) is 7.21. The van der Waals surface area contributed by atoms with Gasteiger partial charge in [0.1, 0.15) is 0 Å². The molecule has 0 aromatic carbocycles. The summed E-state index contributed by atoms with van der Waals surface area (Å²) in [5.41, 5.74) is 0.00347. The van der Waals surface area contributed by atoms with Gasteiger partial charge in [-0.3, -0.25) is 0 Å². The highest BCUT2D eigenvalue weighted by Gasteiger charge is 2.69. The molecule has 98 valence electrons. The molecule has 1 N–H and O–H groups in total. The third-order valence-electron chi connectivity index (χ3n) is 6.19. The van der Waals surface area contributed by atoms with Crippen LogP contribution in [0.15, 0.2) is 0 Å². The summed E-state index contributed by atoms with van der Waals surface area (Å²) in [4.78, 5) is 0. The van der Waals surface area contributed by atoms with Crippen LogP contribution in [0.4, 0.5) is 0 Å². The predicted molar refractivity (Wildman–Crippen MR) is 67.7 cm³/mol. The molecule has 3 aliphatic rings. The Kier molecular flexibility index (Phi) is 2.30. The van der Waals surface area contributed by atoms with Gasteiger partial charge in [-0.15, -0.1) is 0 Å². The van der Waals surface area contributed by atoms with Crippen molar-refractivity contribution in [1.82, 2.24) is 0 Å². The van der Waals surface area contributed by atoms with Crippen molar-refractivity contribution in [3.63, 3.8) is 0 Å². The van der Waals surface area contributed by atoms with E-state index in [0.29, 0.717) is 11.8 Å². The van der Waals surface area contributed by atoms with Gasteiger partial charge in [-0.2, -0.15) is 0 Å². The smallest absolute Gasteiger partial charge is 0.0921 e. The van der Waals surface area contributed by atoms with Crippen molar-refractivity contribution in [2.24, 2.45) is 17.3 Å². The Hall–Kier alpha value is -0.0800. The summed E-state index contributed by atoms with van der Waals surface area (Å²) in [5, 5.41) is 10.4. The second kappa shape index (κ2) is 3.27. The minimum atomic E-state index is -0.269. The molecule has 17 heavy (non-hydrogen) atoms. The van der Waals surface area contributed by atoms with Crippen molar-refractivity contribution in [1.29, 1.82) is 0 Å². The van der Waals surface area contributed by atoms with Crippen LogP contribution in [0.1, 0.15) is 59.8 Å². The van der Waals surface area contributed by atoms with Crippen LogP contribution in [0.25, 0.3) is 0 Å². The first kappa shape index (κ1) is 12.0. The van der Waals surface area contributed by atoms with E-state index in [1.54, 1.807) is 0 Å². The first-order chi connectivity index (χ1) is 7.83. The Morgan fingerprint density at radius 2 is 1.88 bits per heavy atom. The molecule has 0 amide bonds. The van der Waals surface area contributed by atoms with Gasteiger partial charge in [0, 0.05) is 0 Å². The number of rotatable bonds is 1. The van der Waals surface area contributed by atoms with Crippen LogP contribution in [0.2, 0.25) is 0 Å². The lowest BCUT2D eigenvalue weighted by molar-refractivity contribution is -0.246. The Bertz CT molecular complexity index is 340. The Balaban J connectivity index is 2.03. The highest BCUT2D eigenvalue weighted by atomic mass is 16.5. The van der Waals surface area contributed by atoms with E-state index in [4.69, 9.17) is 4.74 Å². The lowest BCUT2D eigenvalue weighted by atomic mass is 9.66. The van der Waals surface area contributed by atoms with Crippen LogP contribution < -0.4 is 0 Å². The zero-order valence-corrected chi connectivity index (χ0v) is 11.6. The van der Waals surface area contributed by atoms with Crippen LogP contribution in [-0.2, 0) is 4.74 Å².